The summed E-state index contributed by atoms with van der Waals surface area (Å²) in [5.41, 5.74) is 0.687. The molecule has 0 bridgehead atoms. The number of phenolic OH excluding ortho intramolecular Hbond substituents is 1. The molecule has 3 rings (SSSR count). The summed E-state index contributed by atoms with van der Waals surface area (Å²) < 4.78 is 10.5. The Morgan fingerprint density at radius 1 is 1.17 bits per heavy atom. The molecule has 1 N–H and O–H groups in total. The molecule has 0 aliphatic heterocycles. The van der Waals surface area contributed by atoms with Crippen LogP contribution in [-0.4, -0.2) is 5.11 Å². The average molecular weight is 242 g/mol. The molecular formula is C14H10O4. The zero-order chi connectivity index (χ0) is 12.9. The maximum Gasteiger partial charge on any atom is 0.336 e. The molecule has 2 aromatic heterocycles. The van der Waals surface area contributed by atoms with Gasteiger partial charge in [-0.1, -0.05) is 6.58 Å². The highest BCUT2D eigenvalue weighted by atomic mass is 16.4. The zero-order valence-electron chi connectivity index (χ0n) is 9.69. The van der Waals surface area contributed by atoms with Gasteiger partial charge in [-0.3, -0.25) is 0 Å². The number of hydrogen-bond acceptors (Lipinski definition) is 4. The Morgan fingerprint density at radius 2 is 1.89 bits per heavy atom. The molecule has 0 unspecified atom stereocenters. The lowest BCUT2D eigenvalue weighted by molar-refractivity contribution is 0.448. The molecule has 0 spiro atoms. The maximum atomic E-state index is 11.2. The Labute approximate surface area is 102 Å². The van der Waals surface area contributed by atoms with Gasteiger partial charge in [-0.2, -0.15) is 0 Å². The molecule has 4 heteroatoms. The number of phenols is 1. The fourth-order valence-corrected chi connectivity index (χ4v) is 1.90. The minimum atomic E-state index is -0.510. The number of allylic oxidation sites excluding steroid dienone is 1. The van der Waals surface area contributed by atoms with Crippen molar-refractivity contribution in [1.29, 1.82) is 0 Å². The highest BCUT2D eigenvalue weighted by Gasteiger charge is 2.14. The first-order valence-electron chi connectivity index (χ1n) is 5.41. The smallest absolute Gasteiger partial charge is 0.336 e. The van der Waals surface area contributed by atoms with Gasteiger partial charge in [0.1, 0.15) is 5.76 Å². The third kappa shape index (κ3) is 1.43. The molecule has 90 valence electrons. The fourth-order valence-electron chi connectivity index (χ4n) is 1.90. The molecule has 0 saturated carbocycles. The molecule has 2 heterocycles. The molecule has 18 heavy (non-hydrogen) atoms. The van der Waals surface area contributed by atoms with Crippen LogP contribution in [0.15, 0.2) is 44.5 Å². The van der Waals surface area contributed by atoms with Gasteiger partial charge in [0.2, 0.25) is 5.75 Å². The van der Waals surface area contributed by atoms with E-state index < -0.39 is 5.63 Å². The van der Waals surface area contributed by atoms with Gasteiger partial charge in [-0.15, -0.1) is 0 Å². The van der Waals surface area contributed by atoms with Crippen LogP contribution in [0.3, 0.4) is 0 Å². The van der Waals surface area contributed by atoms with E-state index in [9.17, 15) is 9.90 Å². The summed E-state index contributed by atoms with van der Waals surface area (Å²) in [7, 11) is 0. The predicted molar refractivity (Wildman–Crippen MR) is 68.6 cm³/mol. The summed E-state index contributed by atoms with van der Waals surface area (Å²) in [4.78, 5) is 11.2. The second kappa shape index (κ2) is 3.50. The minimum absolute atomic E-state index is 0.137. The summed E-state index contributed by atoms with van der Waals surface area (Å²) in [6, 6.07) is 6.51. The molecule has 0 fully saturated rings. The topological polar surface area (TPSA) is 63.6 Å². The Bertz CT molecular complexity index is 836. The molecule has 0 amide bonds. The predicted octanol–water partition coefficient (Wildman–Crippen LogP) is 3.28. The van der Waals surface area contributed by atoms with Crippen molar-refractivity contribution in [2.24, 2.45) is 0 Å². The summed E-state index contributed by atoms with van der Waals surface area (Å²) in [5, 5.41) is 11.5. The summed E-state index contributed by atoms with van der Waals surface area (Å²) in [6.07, 6.45) is 0. The highest BCUT2D eigenvalue weighted by Crippen LogP contribution is 2.36. The molecule has 4 nitrogen and oxygen atoms in total. The number of furan rings is 1. The molecule has 0 saturated heterocycles. The van der Waals surface area contributed by atoms with Crippen molar-refractivity contribution < 1.29 is 13.9 Å². The molecule has 3 aromatic rings. The summed E-state index contributed by atoms with van der Waals surface area (Å²) in [6.45, 7) is 5.60. The molecule has 0 aliphatic carbocycles. The number of rotatable bonds is 1. The lowest BCUT2D eigenvalue weighted by Crippen LogP contribution is -1.94. The lowest BCUT2D eigenvalue weighted by atomic mass is 10.1. The SMILES string of the molecule is C=C(C)c1cc2cc3ccc(=O)oc3c(O)c2o1. The monoisotopic (exact) mass is 242 g/mol. The van der Waals surface area contributed by atoms with Gasteiger partial charge in [-0.05, 0) is 30.7 Å². The highest BCUT2D eigenvalue weighted by molar-refractivity contribution is 6.00. The quantitative estimate of drug-likeness (QED) is 0.665. The Kier molecular flexibility index (Phi) is 2.07. The third-order valence-corrected chi connectivity index (χ3v) is 2.79. The van der Waals surface area contributed by atoms with Crippen LogP contribution in [0.1, 0.15) is 12.7 Å². The van der Waals surface area contributed by atoms with E-state index in [1.165, 1.54) is 6.07 Å². The average Bonchev–Trinajstić information content (AvgIpc) is 2.75. The number of aromatic hydroxyl groups is 1. The van der Waals surface area contributed by atoms with Gasteiger partial charge in [0, 0.05) is 16.8 Å². The maximum absolute atomic E-state index is 11.2. The van der Waals surface area contributed by atoms with E-state index in [4.69, 9.17) is 8.83 Å². The Balaban J connectivity index is 2.48. The molecule has 0 radical (unpaired) electrons. The van der Waals surface area contributed by atoms with Crippen molar-refractivity contribution in [3.63, 3.8) is 0 Å². The normalized spacial score (nSPS) is 11.2. The number of benzene rings is 1. The number of fused-ring (bicyclic) bond motifs is 2. The van der Waals surface area contributed by atoms with E-state index in [-0.39, 0.29) is 11.3 Å². The van der Waals surface area contributed by atoms with E-state index in [0.29, 0.717) is 16.7 Å². The largest absolute Gasteiger partial charge is 0.502 e. The van der Waals surface area contributed by atoms with Gasteiger partial charge in [-0.25, -0.2) is 4.79 Å². The first kappa shape index (κ1) is 10.7. The van der Waals surface area contributed by atoms with Crippen molar-refractivity contribution >= 4 is 27.5 Å². The van der Waals surface area contributed by atoms with Crippen LogP contribution < -0.4 is 5.63 Å². The van der Waals surface area contributed by atoms with Gasteiger partial charge < -0.3 is 13.9 Å². The lowest BCUT2D eigenvalue weighted by Gasteiger charge is -1.99. The fraction of sp³-hybridized carbons (Fsp3) is 0.0714. The first-order valence-corrected chi connectivity index (χ1v) is 5.41. The van der Waals surface area contributed by atoms with E-state index in [1.807, 2.05) is 6.92 Å². The summed E-state index contributed by atoms with van der Waals surface area (Å²) in [5.74, 6) is 0.436. The molecular weight excluding hydrogens is 232 g/mol. The van der Waals surface area contributed by atoms with Crippen molar-refractivity contribution in [2.75, 3.05) is 0 Å². The number of hydrogen-bond donors (Lipinski definition) is 1. The van der Waals surface area contributed by atoms with Gasteiger partial charge >= 0.3 is 5.63 Å². The van der Waals surface area contributed by atoms with E-state index >= 15 is 0 Å². The van der Waals surface area contributed by atoms with E-state index in [0.717, 1.165) is 11.0 Å². The van der Waals surface area contributed by atoms with Crippen molar-refractivity contribution in [3.8, 4) is 5.75 Å². The standard InChI is InChI=1S/C14H10O4/c1-7(2)10-6-9-5-8-3-4-11(15)18-13(8)12(16)14(9)17-10/h3-6,16H,1H2,2H3. The minimum Gasteiger partial charge on any atom is -0.502 e. The second-order valence-corrected chi connectivity index (χ2v) is 4.21. The van der Waals surface area contributed by atoms with Crippen LogP contribution in [0.25, 0.3) is 27.5 Å². The van der Waals surface area contributed by atoms with Crippen LogP contribution in [0, 0.1) is 0 Å². The Morgan fingerprint density at radius 3 is 2.61 bits per heavy atom. The molecule has 0 atom stereocenters. The van der Waals surface area contributed by atoms with Crippen LogP contribution in [-0.2, 0) is 0 Å². The van der Waals surface area contributed by atoms with Gasteiger partial charge in [0.25, 0.3) is 0 Å². The van der Waals surface area contributed by atoms with Gasteiger partial charge in [0.05, 0.1) is 0 Å². The van der Waals surface area contributed by atoms with Crippen LogP contribution in [0.4, 0.5) is 0 Å². The zero-order valence-corrected chi connectivity index (χ0v) is 9.69. The third-order valence-electron chi connectivity index (χ3n) is 2.79. The second-order valence-electron chi connectivity index (χ2n) is 4.21. The summed E-state index contributed by atoms with van der Waals surface area (Å²) >= 11 is 0. The van der Waals surface area contributed by atoms with Crippen molar-refractivity contribution in [2.45, 2.75) is 6.92 Å². The molecule has 1 aromatic carbocycles. The van der Waals surface area contributed by atoms with Crippen LogP contribution in [0.2, 0.25) is 0 Å². The molecule has 0 aliphatic rings. The first-order chi connectivity index (χ1) is 8.56. The van der Waals surface area contributed by atoms with E-state index in [2.05, 4.69) is 6.58 Å². The van der Waals surface area contributed by atoms with Crippen molar-refractivity contribution in [3.05, 3.63) is 47.0 Å². The van der Waals surface area contributed by atoms with Crippen LogP contribution in [0.5, 0.6) is 5.75 Å². The van der Waals surface area contributed by atoms with Gasteiger partial charge in [0.15, 0.2) is 11.2 Å². The van der Waals surface area contributed by atoms with Crippen molar-refractivity contribution in [1.82, 2.24) is 0 Å². The Hall–Kier alpha value is -2.49. The van der Waals surface area contributed by atoms with E-state index in [1.54, 1.807) is 18.2 Å². The van der Waals surface area contributed by atoms with Crippen LogP contribution >= 0.6 is 0 Å².